The number of nitrogens with one attached hydrogen (secondary N) is 2. The zero-order chi connectivity index (χ0) is 18.2. The predicted octanol–water partition coefficient (Wildman–Crippen LogP) is 2.28. The lowest BCUT2D eigenvalue weighted by atomic mass is 9.75. The molecule has 0 aromatic rings. The van der Waals surface area contributed by atoms with Crippen molar-refractivity contribution < 1.29 is 14.4 Å². The molecule has 1 aliphatic heterocycles. The van der Waals surface area contributed by atoms with Crippen molar-refractivity contribution in [2.45, 2.75) is 71.8 Å². The predicted molar refractivity (Wildman–Crippen MR) is 100 cm³/mol. The molecule has 1 amide bonds. The number of hydrogen-bond acceptors (Lipinski definition) is 2. The molecular weight excluding hydrogens is 300 g/mol. The largest absolute Gasteiger partial charge is 0.376 e. The van der Waals surface area contributed by atoms with E-state index in [0.717, 1.165) is 45.4 Å². The molecule has 0 bridgehead atoms. The van der Waals surface area contributed by atoms with Crippen LogP contribution in [0, 0.1) is 17.8 Å². The van der Waals surface area contributed by atoms with Crippen LogP contribution in [0.25, 0.3) is 0 Å². The summed E-state index contributed by atoms with van der Waals surface area (Å²) in [5.74, 6) is 2.05. The molecule has 0 aromatic carbocycles. The van der Waals surface area contributed by atoms with Crippen molar-refractivity contribution in [1.82, 2.24) is 5.32 Å². The zero-order valence-corrected chi connectivity index (χ0v) is 16.9. The van der Waals surface area contributed by atoms with Crippen LogP contribution in [-0.4, -0.2) is 45.3 Å². The van der Waals surface area contributed by atoms with Gasteiger partial charge in [0.2, 0.25) is 5.91 Å². The minimum absolute atomic E-state index is 0.0377. The minimum Gasteiger partial charge on any atom is -0.376 e. The Bertz CT molecular complexity index is 367. The van der Waals surface area contributed by atoms with Crippen LogP contribution in [0.1, 0.15) is 66.2 Å². The highest BCUT2D eigenvalue weighted by molar-refractivity contribution is 5.76. The number of hydrogen-bond donors (Lipinski definition) is 2. The van der Waals surface area contributed by atoms with E-state index in [2.05, 4.69) is 47.1 Å². The first-order chi connectivity index (χ1) is 11.2. The van der Waals surface area contributed by atoms with Crippen molar-refractivity contribution in [2.75, 3.05) is 33.8 Å². The Hall–Kier alpha value is -0.610. The normalized spacial score (nSPS) is 21.9. The second-order valence-electron chi connectivity index (χ2n) is 8.96. The Labute approximate surface area is 149 Å². The SMILES string of the molecule is CC(C)CC[C@H](CC(=O)NCCC[NH+](C)C)[C@@H]1CCOC(C)(C)C1. The van der Waals surface area contributed by atoms with Gasteiger partial charge in [-0.05, 0) is 50.9 Å². The van der Waals surface area contributed by atoms with Gasteiger partial charge < -0.3 is 15.0 Å². The van der Waals surface area contributed by atoms with Gasteiger partial charge in [0, 0.05) is 26.0 Å². The molecular formula is C20H41N2O2+. The second-order valence-corrected chi connectivity index (χ2v) is 8.96. The minimum atomic E-state index is -0.0377. The van der Waals surface area contributed by atoms with Gasteiger partial charge in [-0.3, -0.25) is 4.79 Å². The molecule has 4 nitrogen and oxygen atoms in total. The Balaban J connectivity index is 2.50. The average Bonchev–Trinajstić information content (AvgIpc) is 2.46. The lowest BCUT2D eigenvalue weighted by molar-refractivity contribution is -0.858. The highest BCUT2D eigenvalue weighted by atomic mass is 16.5. The third-order valence-corrected chi connectivity index (χ3v) is 5.14. The molecule has 4 heteroatoms. The van der Waals surface area contributed by atoms with Crippen LogP contribution in [0.5, 0.6) is 0 Å². The van der Waals surface area contributed by atoms with Gasteiger partial charge in [0.25, 0.3) is 0 Å². The third kappa shape index (κ3) is 9.03. The Morgan fingerprint density at radius 2 is 2.00 bits per heavy atom. The van der Waals surface area contributed by atoms with Gasteiger partial charge in [0.15, 0.2) is 0 Å². The summed E-state index contributed by atoms with van der Waals surface area (Å²) in [5, 5.41) is 3.13. The van der Waals surface area contributed by atoms with Gasteiger partial charge in [-0.15, -0.1) is 0 Å². The number of rotatable bonds is 10. The smallest absolute Gasteiger partial charge is 0.220 e. The molecule has 2 atom stereocenters. The van der Waals surface area contributed by atoms with E-state index in [1.54, 1.807) is 0 Å². The molecule has 0 saturated carbocycles. The fourth-order valence-electron chi connectivity index (χ4n) is 3.71. The second kappa shape index (κ2) is 10.4. The van der Waals surface area contributed by atoms with E-state index < -0.39 is 0 Å². The van der Waals surface area contributed by atoms with Crippen LogP contribution < -0.4 is 10.2 Å². The number of ether oxygens (including phenoxy) is 1. The maximum atomic E-state index is 12.4. The lowest BCUT2D eigenvalue weighted by Gasteiger charge is -2.39. The van der Waals surface area contributed by atoms with Crippen LogP contribution in [0.2, 0.25) is 0 Å². The van der Waals surface area contributed by atoms with Gasteiger partial charge in [-0.25, -0.2) is 0 Å². The lowest BCUT2D eigenvalue weighted by Crippen LogP contribution is -3.05. The standard InChI is InChI=1S/C20H40N2O2/c1-16(2)8-9-17(18-10-13-24-20(3,4)15-18)14-19(23)21-11-7-12-22(5)6/h16-18H,7-15H2,1-6H3,(H,21,23)/p+1/t17-,18-/m1/s1. The van der Waals surface area contributed by atoms with Crippen LogP contribution in [0.15, 0.2) is 0 Å². The molecule has 24 heavy (non-hydrogen) atoms. The molecule has 2 N–H and O–H groups in total. The fourth-order valence-corrected chi connectivity index (χ4v) is 3.71. The van der Waals surface area contributed by atoms with Crippen molar-refractivity contribution >= 4 is 5.91 Å². The summed E-state index contributed by atoms with van der Waals surface area (Å²) in [6.07, 6.45) is 6.28. The Morgan fingerprint density at radius 3 is 2.58 bits per heavy atom. The van der Waals surface area contributed by atoms with E-state index in [9.17, 15) is 4.79 Å². The molecule has 0 radical (unpaired) electrons. The summed E-state index contributed by atoms with van der Waals surface area (Å²) in [6, 6.07) is 0. The summed E-state index contributed by atoms with van der Waals surface area (Å²) in [7, 11) is 4.30. The highest BCUT2D eigenvalue weighted by Gasteiger charge is 2.34. The van der Waals surface area contributed by atoms with Crippen molar-refractivity contribution in [2.24, 2.45) is 17.8 Å². The quantitative estimate of drug-likeness (QED) is 0.599. The molecule has 0 aromatic heterocycles. The Kier molecular flexibility index (Phi) is 9.28. The fraction of sp³-hybridized carbons (Fsp3) is 0.950. The van der Waals surface area contributed by atoms with E-state index in [4.69, 9.17) is 4.74 Å². The van der Waals surface area contributed by atoms with Gasteiger partial charge >= 0.3 is 0 Å². The maximum Gasteiger partial charge on any atom is 0.220 e. The monoisotopic (exact) mass is 341 g/mol. The Morgan fingerprint density at radius 1 is 1.29 bits per heavy atom. The van der Waals surface area contributed by atoms with E-state index in [1.807, 2.05) is 0 Å². The number of amides is 1. The molecule has 1 aliphatic rings. The number of quaternary nitrogens is 1. The molecule has 0 aliphatic carbocycles. The van der Waals surface area contributed by atoms with Gasteiger partial charge in [-0.2, -0.15) is 0 Å². The molecule has 1 fully saturated rings. The topological polar surface area (TPSA) is 42.8 Å². The van der Waals surface area contributed by atoms with E-state index in [0.29, 0.717) is 24.2 Å². The van der Waals surface area contributed by atoms with E-state index >= 15 is 0 Å². The van der Waals surface area contributed by atoms with Crippen LogP contribution in [-0.2, 0) is 9.53 Å². The van der Waals surface area contributed by atoms with Gasteiger partial charge in [0.1, 0.15) is 0 Å². The molecule has 1 saturated heterocycles. The van der Waals surface area contributed by atoms with E-state index in [-0.39, 0.29) is 11.5 Å². The van der Waals surface area contributed by atoms with Crippen molar-refractivity contribution in [3.05, 3.63) is 0 Å². The zero-order valence-electron chi connectivity index (χ0n) is 16.9. The van der Waals surface area contributed by atoms with Gasteiger partial charge in [0.05, 0.1) is 26.2 Å². The molecule has 1 rings (SSSR count). The van der Waals surface area contributed by atoms with Crippen LogP contribution in [0.4, 0.5) is 0 Å². The van der Waals surface area contributed by atoms with Gasteiger partial charge in [-0.1, -0.05) is 20.3 Å². The summed E-state index contributed by atoms with van der Waals surface area (Å²) in [4.78, 5) is 13.8. The maximum absolute atomic E-state index is 12.4. The molecule has 0 unspecified atom stereocenters. The van der Waals surface area contributed by atoms with Crippen LogP contribution in [0.3, 0.4) is 0 Å². The number of carbonyl (C=O) groups is 1. The number of carbonyl (C=O) groups excluding carboxylic acids is 1. The summed E-state index contributed by atoms with van der Waals surface area (Å²) >= 11 is 0. The first-order valence-corrected chi connectivity index (χ1v) is 9.89. The van der Waals surface area contributed by atoms with Crippen molar-refractivity contribution in [3.63, 3.8) is 0 Å². The van der Waals surface area contributed by atoms with Crippen molar-refractivity contribution in [3.8, 4) is 0 Å². The van der Waals surface area contributed by atoms with E-state index in [1.165, 1.54) is 11.3 Å². The van der Waals surface area contributed by atoms with Crippen LogP contribution >= 0.6 is 0 Å². The first-order valence-electron chi connectivity index (χ1n) is 9.89. The summed E-state index contributed by atoms with van der Waals surface area (Å²) in [5.41, 5.74) is -0.0377. The third-order valence-electron chi connectivity index (χ3n) is 5.14. The highest BCUT2D eigenvalue weighted by Crippen LogP contribution is 2.37. The first kappa shape index (κ1) is 21.4. The molecule has 0 spiro atoms. The van der Waals surface area contributed by atoms with Crippen molar-refractivity contribution in [1.29, 1.82) is 0 Å². The molecule has 142 valence electrons. The molecule has 1 heterocycles. The summed E-state index contributed by atoms with van der Waals surface area (Å²) < 4.78 is 5.88. The average molecular weight is 342 g/mol. The summed E-state index contributed by atoms with van der Waals surface area (Å²) in [6.45, 7) is 11.7.